The van der Waals surface area contributed by atoms with Crippen molar-refractivity contribution < 1.29 is 19.4 Å². The average molecular weight is 306 g/mol. The lowest BCUT2D eigenvalue weighted by Crippen LogP contribution is -2.42. The molecular weight excluding hydrogens is 284 g/mol. The van der Waals surface area contributed by atoms with Gasteiger partial charge in [-0.2, -0.15) is 0 Å². The molecule has 2 atom stereocenters. The number of benzene rings is 1. The van der Waals surface area contributed by atoms with Crippen molar-refractivity contribution in [2.75, 3.05) is 26.7 Å². The van der Waals surface area contributed by atoms with Crippen LogP contribution in [0.4, 0.5) is 4.79 Å². The van der Waals surface area contributed by atoms with Crippen molar-refractivity contribution in [1.82, 2.24) is 10.2 Å². The second-order valence-electron chi connectivity index (χ2n) is 5.86. The lowest BCUT2D eigenvalue weighted by atomic mass is 9.90. The summed E-state index contributed by atoms with van der Waals surface area (Å²) in [6, 6.07) is 9.40. The number of carbonyl (C=O) groups excluding carboxylic acids is 1. The first kappa shape index (κ1) is 16.3. The minimum absolute atomic E-state index is 0.224. The molecule has 1 aromatic rings. The molecule has 1 heterocycles. The van der Waals surface area contributed by atoms with Crippen LogP contribution in [-0.2, 0) is 9.53 Å². The Balaban J connectivity index is 1.89. The van der Waals surface area contributed by atoms with E-state index in [0.717, 1.165) is 5.56 Å². The number of carbonyl (C=O) groups is 2. The number of hydrogen-bond acceptors (Lipinski definition) is 3. The zero-order valence-electron chi connectivity index (χ0n) is 12.9. The van der Waals surface area contributed by atoms with Gasteiger partial charge >= 0.3 is 12.0 Å². The van der Waals surface area contributed by atoms with Crippen molar-refractivity contribution in [3.05, 3.63) is 35.9 Å². The lowest BCUT2D eigenvalue weighted by Gasteiger charge is -2.22. The average Bonchev–Trinajstić information content (AvgIpc) is 2.93. The van der Waals surface area contributed by atoms with E-state index in [1.807, 2.05) is 30.3 Å². The Morgan fingerprint density at radius 3 is 2.64 bits per heavy atom. The monoisotopic (exact) mass is 306 g/mol. The summed E-state index contributed by atoms with van der Waals surface area (Å²) in [4.78, 5) is 24.9. The molecule has 0 bridgehead atoms. The molecule has 0 spiro atoms. The van der Waals surface area contributed by atoms with Crippen LogP contribution in [0.5, 0.6) is 0 Å². The van der Waals surface area contributed by atoms with Gasteiger partial charge in [-0.25, -0.2) is 4.79 Å². The summed E-state index contributed by atoms with van der Waals surface area (Å²) in [5.74, 6) is -0.859. The van der Waals surface area contributed by atoms with Gasteiger partial charge in [0, 0.05) is 26.7 Å². The molecule has 2 N–H and O–H groups in total. The van der Waals surface area contributed by atoms with Crippen molar-refractivity contribution >= 4 is 12.0 Å². The molecule has 2 amide bonds. The van der Waals surface area contributed by atoms with Gasteiger partial charge in [0.25, 0.3) is 0 Å². The van der Waals surface area contributed by atoms with E-state index in [1.54, 1.807) is 18.9 Å². The standard InChI is InChI=1S/C16H22N2O4/c1-16(14(19)20)8-9-18(11-16)15(21)17-10-13(22-2)12-6-4-3-5-7-12/h3-7,13H,8-11H2,1-2H3,(H,17,21)(H,19,20). The SMILES string of the molecule is COC(CNC(=O)N1CCC(C)(C(=O)O)C1)c1ccccc1. The van der Waals surface area contributed by atoms with Crippen LogP contribution in [0.25, 0.3) is 0 Å². The number of likely N-dealkylation sites (tertiary alicyclic amines) is 1. The van der Waals surface area contributed by atoms with Crippen molar-refractivity contribution in [3.8, 4) is 0 Å². The topological polar surface area (TPSA) is 78.9 Å². The van der Waals surface area contributed by atoms with Crippen LogP contribution >= 0.6 is 0 Å². The second kappa shape index (κ2) is 6.79. The molecule has 1 aromatic carbocycles. The number of carboxylic acid groups (broad SMARTS) is 1. The summed E-state index contributed by atoms with van der Waals surface area (Å²) < 4.78 is 5.40. The third kappa shape index (κ3) is 3.57. The van der Waals surface area contributed by atoms with Gasteiger partial charge in [0.05, 0.1) is 11.5 Å². The van der Waals surface area contributed by atoms with Gasteiger partial charge in [0.2, 0.25) is 0 Å². The highest BCUT2D eigenvalue weighted by atomic mass is 16.5. The van der Waals surface area contributed by atoms with Crippen LogP contribution in [-0.4, -0.2) is 48.8 Å². The maximum Gasteiger partial charge on any atom is 0.317 e. The molecule has 0 aliphatic carbocycles. The maximum atomic E-state index is 12.2. The van der Waals surface area contributed by atoms with Gasteiger partial charge in [-0.15, -0.1) is 0 Å². The molecule has 2 unspecified atom stereocenters. The van der Waals surface area contributed by atoms with E-state index in [4.69, 9.17) is 4.74 Å². The highest BCUT2D eigenvalue weighted by Gasteiger charge is 2.42. The van der Waals surface area contributed by atoms with Crippen molar-refractivity contribution in [3.63, 3.8) is 0 Å². The van der Waals surface area contributed by atoms with Crippen LogP contribution in [0, 0.1) is 5.41 Å². The normalized spacial score (nSPS) is 22.4. The third-order valence-electron chi connectivity index (χ3n) is 4.17. The number of methoxy groups -OCH3 is 1. The molecule has 0 saturated carbocycles. The Labute approximate surface area is 130 Å². The second-order valence-corrected chi connectivity index (χ2v) is 5.86. The first-order valence-electron chi connectivity index (χ1n) is 7.30. The highest BCUT2D eigenvalue weighted by Crippen LogP contribution is 2.30. The first-order chi connectivity index (χ1) is 10.5. The molecule has 1 fully saturated rings. The highest BCUT2D eigenvalue weighted by molar-refractivity contribution is 5.79. The van der Waals surface area contributed by atoms with E-state index in [1.165, 1.54) is 0 Å². The summed E-state index contributed by atoms with van der Waals surface area (Å²) in [5.41, 5.74) is 0.138. The Bertz CT molecular complexity index is 534. The molecule has 1 aliphatic rings. The quantitative estimate of drug-likeness (QED) is 0.870. The molecule has 6 nitrogen and oxygen atoms in total. The number of urea groups is 1. The molecule has 1 saturated heterocycles. The first-order valence-corrected chi connectivity index (χ1v) is 7.30. The molecule has 0 radical (unpaired) electrons. The van der Waals surface area contributed by atoms with Gasteiger partial charge in [-0.05, 0) is 18.9 Å². The number of amides is 2. The molecule has 120 valence electrons. The van der Waals surface area contributed by atoms with Crippen LogP contribution in [0.1, 0.15) is 25.0 Å². The smallest absolute Gasteiger partial charge is 0.317 e. The molecule has 22 heavy (non-hydrogen) atoms. The summed E-state index contributed by atoms with van der Waals surface area (Å²) in [6.07, 6.45) is 0.251. The minimum Gasteiger partial charge on any atom is -0.481 e. The summed E-state index contributed by atoms with van der Waals surface area (Å²) in [6.45, 7) is 2.71. The number of nitrogens with zero attached hydrogens (tertiary/aromatic N) is 1. The van der Waals surface area contributed by atoms with Crippen LogP contribution in [0.3, 0.4) is 0 Å². The summed E-state index contributed by atoms with van der Waals surface area (Å²) in [7, 11) is 1.60. The maximum absolute atomic E-state index is 12.2. The van der Waals surface area contributed by atoms with Crippen LogP contribution in [0.15, 0.2) is 30.3 Å². The van der Waals surface area contributed by atoms with Gasteiger partial charge in [-0.1, -0.05) is 30.3 Å². The fraction of sp³-hybridized carbons (Fsp3) is 0.500. The summed E-state index contributed by atoms with van der Waals surface area (Å²) in [5, 5.41) is 12.0. The molecule has 2 rings (SSSR count). The third-order valence-corrected chi connectivity index (χ3v) is 4.17. The van der Waals surface area contributed by atoms with Crippen molar-refractivity contribution in [2.45, 2.75) is 19.4 Å². The number of carboxylic acids is 1. The van der Waals surface area contributed by atoms with E-state index in [-0.39, 0.29) is 18.7 Å². The van der Waals surface area contributed by atoms with Crippen molar-refractivity contribution in [2.24, 2.45) is 5.41 Å². The molecule has 1 aliphatic heterocycles. The Morgan fingerprint density at radius 2 is 2.09 bits per heavy atom. The lowest BCUT2D eigenvalue weighted by molar-refractivity contribution is -0.147. The Hall–Kier alpha value is -2.08. The minimum atomic E-state index is -0.859. The van der Waals surface area contributed by atoms with E-state index < -0.39 is 11.4 Å². The van der Waals surface area contributed by atoms with E-state index in [0.29, 0.717) is 19.5 Å². The molecule has 6 heteroatoms. The van der Waals surface area contributed by atoms with Crippen molar-refractivity contribution in [1.29, 1.82) is 0 Å². The van der Waals surface area contributed by atoms with Crippen LogP contribution in [0.2, 0.25) is 0 Å². The fourth-order valence-corrected chi connectivity index (χ4v) is 2.61. The summed E-state index contributed by atoms with van der Waals surface area (Å²) >= 11 is 0. The zero-order valence-corrected chi connectivity index (χ0v) is 12.9. The largest absolute Gasteiger partial charge is 0.481 e. The van der Waals surface area contributed by atoms with E-state index in [2.05, 4.69) is 5.32 Å². The number of ether oxygens (including phenoxy) is 1. The molecular formula is C16H22N2O4. The van der Waals surface area contributed by atoms with E-state index >= 15 is 0 Å². The fourth-order valence-electron chi connectivity index (χ4n) is 2.61. The number of nitrogens with one attached hydrogen (secondary N) is 1. The number of hydrogen-bond donors (Lipinski definition) is 2. The Morgan fingerprint density at radius 1 is 1.41 bits per heavy atom. The van der Waals surface area contributed by atoms with Gasteiger partial charge in [-0.3, -0.25) is 4.79 Å². The van der Waals surface area contributed by atoms with Gasteiger partial charge in [0.1, 0.15) is 0 Å². The van der Waals surface area contributed by atoms with Gasteiger partial charge in [0.15, 0.2) is 0 Å². The van der Waals surface area contributed by atoms with Crippen LogP contribution < -0.4 is 5.32 Å². The zero-order chi connectivity index (χ0) is 16.2. The number of rotatable bonds is 5. The Kier molecular flexibility index (Phi) is 5.03. The van der Waals surface area contributed by atoms with Gasteiger partial charge < -0.3 is 20.1 Å². The predicted octanol–water partition coefficient (Wildman–Crippen LogP) is 1.88. The predicted molar refractivity (Wildman–Crippen MR) is 81.5 cm³/mol. The van der Waals surface area contributed by atoms with E-state index in [9.17, 15) is 14.7 Å². The number of aliphatic carboxylic acids is 1. The molecule has 0 aromatic heterocycles.